The molecule has 12 heteroatoms. The third-order valence-electron chi connectivity index (χ3n) is 5.96. The lowest BCUT2D eigenvalue weighted by atomic mass is 9.86. The number of alkyl carbamates (subject to hydrolysis) is 1. The van der Waals surface area contributed by atoms with E-state index in [2.05, 4.69) is 15.0 Å². The van der Waals surface area contributed by atoms with Crippen LogP contribution in [0.3, 0.4) is 0 Å². The van der Waals surface area contributed by atoms with Crippen LogP contribution in [0.1, 0.15) is 53.9 Å². The van der Waals surface area contributed by atoms with E-state index in [0.717, 1.165) is 30.7 Å². The molecular formula is C22H28N4O6S2. The van der Waals surface area contributed by atoms with Crippen molar-refractivity contribution in [1.29, 1.82) is 0 Å². The van der Waals surface area contributed by atoms with Crippen molar-refractivity contribution in [2.24, 2.45) is 5.73 Å². The van der Waals surface area contributed by atoms with Gasteiger partial charge in [0.05, 0.1) is 28.0 Å². The van der Waals surface area contributed by atoms with Crippen LogP contribution < -0.4 is 15.8 Å². The number of hydrogen-bond donors (Lipinski definition) is 3. The van der Waals surface area contributed by atoms with Crippen molar-refractivity contribution >= 4 is 33.4 Å². The molecule has 2 fully saturated rings. The van der Waals surface area contributed by atoms with Gasteiger partial charge in [0.2, 0.25) is 15.9 Å². The number of carbonyl (C=O) groups is 2. The predicted octanol–water partition coefficient (Wildman–Crippen LogP) is 2.36. The molecule has 0 unspecified atom stereocenters. The first-order valence-corrected chi connectivity index (χ1v) is 13.5. The van der Waals surface area contributed by atoms with E-state index in [0.29, 0.717) is 23.7 Å². The monoisotopic (exact) mass is 508 g/mol. The number of ether oxygens (including phenoxy) is 2. The van der Waals surface area contributed by atoms with Crippen molar-refractivity contribution in [3.63, 3.8) is 0 Å². The Morgan fingerprint density at radius 3 is 2.59 bits per heavy atom. The van der Waals surface area contributed by atoms with Gasteiger partial charge >= 0.3 is 6.09 Å². The molecule has 2 amide bonds. The number of sulfonamides is 1. The van der Waals surface area contributed by atoms with Gasteiger partial charge in [0, 0.05) is 35.8 Å². The molecule has 0 atom stereocenters. The summed E-state index contributed by atoms with van der Waals surface area (Å²) in [7, 11) is -3.82. The zero-order valence-corrected chi connectivity index (χ0v) is 20.4. The van der Waals surface area contributed by atoms with E-state index in [1.54, 1.807) is 19.2 Å². The molecule has 2 heterocycles. The van der Waals surface area contributed by atoms with E-state index >= 15 is 0 Å². The number of nitrogens with two attached hydrogens (primary N) is 1. The molecule has 1 aliphatic heterocycles. The van der Waals surface area contributed by atoms with Crippen LogP contribution >= 0.6 is 11.3 Å². The van der Waals surface area contributed by atoms with Crippen LogP contribution in [-0.2, 0) is 19.5 Å². The summed E-state index contributed by atoms with van der Waals surface area (Å²) < 4.78 is 38.3. The maximum absolute atomic E-state index is 12.8. The Labute approximate surface area is 202 Å². The summed E-state index contributed by atoms with van der Waals surface area (Å²) in [5.41, 5.74) is 5.97. The van der Waals surface area contributed by atoms with Gasteiger partial charge in [-0.3, -0.25) is 4.79 Å². The van der Waals surface area contributed by atoms with Crippen LogP contribution in [0, 0.1) is 0 Å². The minimum absolute atomic E-state index is 0.00383. The van der Waals surface area contributed by atoms with Crippen molar-refractivity contribution in [2.75, 3.05) is 19.8 Å². The van der Waals surface area contributed by atoms with Crippen molar-refractivity contribution in [1.82, 2.24) is 15.0 Å². The van der Waals surface area contributed by atoms with Crippen LogP contribution in [0.15, 0.2) is 29.3 Å². The average molecular weight is 509 g/mol. The summed E-state index contributed by atoms with van der Waals surface area (Å²) in [4.78, 5) is 28.9. The van der Waals surface area contributed by atoms with E-state index in [4.69, 9.17) is 15.2 Å². The van der Waals surface area contributed by atoms with Crippen LogP contribution in [0.4, 0.5) is 4.79 Å². The molecule has 10 nitrogen and oxygen atoms in total. The van der Waals surface area contributed by atoms with E-state index in [1.165, 1.54) is 23.5 Å². The summed E-state index contributed by atoms with van der Waals surface area (Å²) in [6.07, 6.45) is 4.45. The van der Waals surface area contributed by atoms with Crippen molar-refractivity contribution in [3.8, 4) is 10.4 Å². The smallest absolute Gasteiger partial charge is 0.407 e. The number of nitrogens with zero attached hydrogens (tertiary/aromatic N) is 1. The standard InChI is InChI=1S/C22H28N4O6S2/c1-2-25-34(29,30)19-9-14(20(23)27)5-8-17(19)18-10-24-21(33-18)13-3-6-15(7-4-13)26-22(28)32-16-11-31-12-16/h5,8-10,13,15-16,25H,2-4,6-7,11-12H2,1H3,(H2,23,27)(H,26,28). The van der Waals surface area contributed by atoms with Gasteiger partial charge in [0.25, 0.3) is 0 Å². The maximum atomic E-state index is 12.8. The minimum Gasteiger partial charge on any atom is -0.441 e. The predicted molar refractivity (Wildman–Crippen MR) is 126 cm³/mol. The Bertz CT molecular complexity index is 1150. The number of carbonyl (C=O) groups excluding carboxylic acids is 2. The molecule has 0 bridgehead atoms. The lowest BCUT2D eigenvalue weighted by Crippen LogP contribution is -2.44. The van der Waals surface area contributed by atoms with Crippen molar-refractivity contribution in [3.05, 3.63) is 35.0 Å². The number of amides is 2. The number of benzene rings is 1. The third-order valence-corrected chi connectivity index (χ3v) is 8.74. The highest BCUT2D eigenvalue weighted by Crippen LogP contribution is 2.39. The molecule has 2 aromatic rings. The number of primary amides is 1. The quantitative estimate of drug-likeness (QED) is 0.495. The first-order chi connectivity index (χ1) is 16.3. The molecule has 4 N–H and O–H groups in total. The molecule has 1 aromatic heterocycles. The third kappa shape index (κ3) is 5.57. The largest absolute Gasteiger partial charge is 0.441 e. The first kappa shape index (κ1) is 24.6. The van der Waals surface area contributed by atoms with Gasteiger partial charge in [-0.25, -0.2) is 22.9 Å². The zero-order chi connectivity index (χ0) is 24.3. The molecule has 4 rings (SSSR count). The SMILES string of the molecule is CCNS(=O)(=O)c1cc(C(N)=O)ccc1-c1cnc(C2CCC(NC(=O)OC3COC3)CC2)s1. The van der Waals surface area contributed by atoms with Crippen molar-refractivity contribution < 1.29 is 27.5 Å². The lowest BCUT2D eigenvalue weighted by molar-refractivity contribution is -0.0985. The molecule has 1 aromatic carbocycles. The number of hydrogen-bond acceptors (Lipinski definition) is 8. The summed E-state index contributed by atoms with van der Waals surface area (Å²) in [5.74, 6) is -0.466. The molecule has 1 saturated carbocycles. The van der Waals surface area contributed by atoms with Crippen LogP contribution in [0.5, 0.6) is 0 Å². The van der Waals surface area contributed by atoms with Gasteiger partial charge in [0.1, 0.15) is 0 Å². The van der Waals surface area contributed by atoms with Crippen LogP contribution in [-0.4, -0.2) is 57.3 Å². The Morgan fingerprint density at radius 1 is 1.24 bits per heavy atom. The Hall–Kier alpha value is -2.54. The average Bonchev–Trinajstić information content (AvgIpc) is 3.26. The van der Waals surface area contributed by atoms with E-state index in [-0.39, 0.29) is 35.1 Å². The van der Waals surface area contributed by atoms with Gasteiger partial charge in [-0.15, -0.1) is 11.3 Å². The number of aromatic nitrogens is 1. The van der Waals surface area contributed by atoms with Gasteiger partial charge < -0.3 is 20.5 Å². The summed E-state index contributed by atoms with van der Waals surface area (Å²) in [6, 6.07) is 4.48. The van der Waals surface area contributed by atoms with E-state index in [9.17, 15) is 18.0 Å². The number of nitrogens with one attached hydrogen (secondary N) is 2. The highest BCUT2D eigenvalue weighted by Gasteiger charge is 2.29. The Kier molecular flexibility index (Phi) is 7.51. The zero-order valence-electron chi connectivity index (χ0n) is 18.8. The Morgan fingerprint density at radius 2 is 1.97 bits per heavy atom. The van der Waals surface area contributed by atoms with Gasteiger partial charge in [0.15, 0.2) is 6.10 Å². The number of thiazole rings is 1. The van der Waals surface area contributed by atoms with Gasteiger partial charge in [-0.05, 0) is 37.8 Å². The molecule has 1 saturated heterocycles. The van der Waals surface area contributed by atoms with Gasteiger partial charge in [-0.1, -0.05) is 13.0 Å². The second-order valence-electron chi connectivity index (χ2n) is 8.40. The molecule has 0 spiro atoms. The van der Waals surface area contributed by atoms with E-state index < -0.39 is 22.0 Å². The lowest BCUT2D eigenvalue weighted by Gasteiger charge is -2.30. The molecule has 184 valence electrons. The van der Waals surface area contributed by atoms with Crippen molar-refractivity contribution in [2.45, 2.75) is 55.6 Å². The normalized spacial score (nSPS) is 21.0. The minimum atomic E-state index is -3.82. The van der Waals surface area contributed by atoms with E-state index in [1.807, 2.05) is 0 Å². The van der Waals surface area contributed by atoms with Gasteiger partial charge in [-0.2, -0.15) is 0 Å². The summed E-state index contributed by atoms with van der Waals surface area (Å²) >= 11 is 1.44. The maximum Gasteiger partial charge on any atom is 0.407 e. The second kappa shape index (κ2) is 10.4. The molecule has 0 radical (unpaired) electrons. The molecular weight excluding hydrogens is 480 g/mol. The highest BCUT2D eigenvalue weighted by atomic mass is 32.2. The summed E-state index contributed by atoms with van der Waals surface area (Å²) in [5, 5.41) is 3.85. The fraction of sp³-hybridized carbons (Fsp3) is 0.500. The fourth-order valence-electron chi connectivity index (χ4n) is 4.09. The molecule has 2 aliphatic rings. The fourth-order valence-corrected chi connectivity index (χ4v) is 6.57. The number of rotatable bonds is 8. The summed E-state index contributed by atoms with van der Waals surface area (Å²) in [6.45, 7) is 2.81. The first-order valence-electron chi connectivity index (χ1n) is 11.2. The second-order valence-corrected chi connectivity index (χ2v) is 11.2. The topological polar surface area (TPSA) is 150 Å². The van der Waals surface area contributed by atoms with Crippen LogP contribution in [0.25, 0.3) is 10.4 Å². The molecule has 1 aliphatic carbocycles. The Balaban J connectivity index is 1.45. The van der Waals surface area contributed by atoms with Crippen LogP contribution in [0.2, 0.25) is 0 Å². The highest BCUT2D eigenvalue weighted by molar-refractivity contribution is 7.89. The molecule has 34 heavy (non-hydrogen) atoms.